The molecule has 1 fully saturated rings. The molecule has 5 aromatic rings. The molecule has 1 aliphatic carbocycles. The highest BCUT2D eigenvalue weighted by Gasteiger charge is 2.34. The number of halogens is 1. The number of hydrogen-bond donors (Lipinski definition) is 2. The van der Waals surface area contributed by atoms with Crippen molar-refractivity contribution in [3.05, 3.63) is 117 Å². The Bertz CT molecular complexity index is 2820. The molecule has 2 aromatic heterocycles. The van der Waals surface area contributed by atoms with Crippen molar-refractivity contribution < 1.29 is 36.0 Å². The number of ether oxygens (including phenoxy) is 2. The number of allylic oxidation sites excluding steroid dienone is 1. The Hall–Kier alpha value is -5.49. The zero-order chi connectivity index (χ0) is 44.0. The first kappa shape index (κ1) is 43.2. The quantitative estimate of drug-likeness (QED) is 0.0931. The zero-order valence-electron chi connectivity index (χ0n) is 34.5. The monoisotopic (exact) mass is 902 g/mol. The molecule has 3 aliphatic rings. The van der Waals surface area contributed by atoms with E-state index in [0.717, 1.165) is 68.4 Å². The van der Waals surface area contributed by atoms with Crippen molar-refractivity contribution in [2.24, 2.45) is 11.3 Å². The summed E-state index contributed by atoms with van der Waals surface area (Å²) in [6.45, 7) is 8.39. The predicted molar refractivity (Wildman–Crippen MR) is 237 cm³/mol. The van der Waals surface area contributed by atoms with E-state index in [1.54, 1.807) is 24.4 Å². The number of pyridine rings is 1. The topological polar surface area (TPSA) is 194 Å². The molecule has 0 bridgehead atoms. The third-order valence-corrected chi connectivity index (χ3v) is 14.4. The molecule has 18 heteroatoms. The van der Waals surface area contributed by atoms with Crippen molar-refractivity contribution in [3.8, 4) is 17.2 Å². The number of benzene rings is 3. The van der Waals surface area contributed by atoms with E-state index < -0.39 is 47.2 Å². The highest BCUT2D eigenvalue weighted by Crippen LogP contribution is 2.44. The van der Waals surface area contributed by atoms with Crippen molar-refractivity contribution in [1.82, 2.24) is 19.6 Å². The van der Waals surface area contributed by atoms with Gasteiger partial charge >= 0.3 is 0 Å². The number of sulfonamides is 1. The molecular formula is C44H47ClN6O9S2. The Morgan fingerprint density at radius 2 is 1.81 bits per heavy atom. The molecule has 2 aliphatic heterocycles. The fourth-order valence-corrected chi connectivity index (χ4v) is 10.8. The average Bonchev–Trinajstić information content (AvgIpc) is 3.69. The van der Waals surface area contributed by atoms with Crippen molar-refractivity contribution >= 4 is 65.3 Å². The van der Waals surface area contributed by atoms with Gasteiger partial charge in [0, 0.05) is 85.4 Å². The molecule has 2 N–H and O–H groups in total. The normalized spacial score (nSPS) is 18.3. The number of nitrogens with zero attached hydrogens (tertiary/aromatic N) is 4. The molecule has 0 saturated carbocycles. The minimum Gasteiger partial charge on any atom is -0.493 e. The third-order valence-electron chi connectivity index (χ3n) is 11.7. The minimum absolute atomic E-state index is 0.00126. The summed E-state index contributed by atoms with van der Waals surface area (Å²) < 4.78 is 65.4. The maximum Gasteiger partial charge on any atom is 0.277 e. The number of nitro groups is 1. The van der Waals surface area contributed by atoms with Crippen LogP contribution in [-0.4, -0.2) is 93.9 Å². The van der Waals surface area contributed by atoms with Crippen molar-refractivity contribution in [2.75, 3.05) is 56.2 Å². The van der Waals surface area contributed by atoms with E-state index in [2.05, 4.69) is 50.5 Å². The smallest absolute Gasteiger partial charge is 0.277 e. The van der Waals surface area contributed by atoms with Crippen LogP contribution in [0.15, 0.2) is 89.6 Å². The van der Waals surface area contributed by atoms with Crippen LogP contribution in [-0.2, 0) is 26.3 Å². The van der Waals surface area contributed by atoms with Crippen LogP contribution in [0.5, 0.6) is 17.2 Å². The van der Waals surface area contributed by atoms with Gasteiger partial charge in [-0.3, -0.25) is 19.8 Å². The van der Waals surface area contributed by atoms with Gasteiger partial charge in [0.05, 0.1) is 39.5 Å². The van der Waals surface area contributed by atoms with Gasteiger partial charge in [0.15, 0.2) is 0 Å². The summed E-state index contributed by atoms with van der Waals surface area (Å²) in [5.74, 6) is -1.52. The van der Waals surface area contributed by atoms with Crippen molar-refractivity contribution in [3.63, 3.8) is 0 Å². The molecule has 1 atom stereocenters. The van der Waals surface area contributed by atoms with Gasteiger partial charge in [-0.05, 0) is 78.6 Å². The number of H-pyrrole nitrogens is 1. The standard InChI is InChI=1S/C44H47ClN6O9S2/c1-44(2)12-10-31(38(23-44)29-4-6-32(45)7-5-29)25-49-14-16-50(17-15-49)33-8-9-36(41(20-33)60-34-19-30-11-13-46-42(30)47-24-34)43(52)48-62(57,58)35-21-39(51(53)54)37-18-28(27-61(3,55)56)26-59-40(37)22-35/h4-9,11,13,19-22,24,28H,10,12,14-18,23,25-27H2,1-3H3,(H,46,47)(H,48,52)/t28-/m0/s1. The number of nitro benzene ring substituents is 1. The number of amides is 1. The van der Waals surface area contributed by atoms with E-state index in [9.17, 15) is 31.7 Å². The van der Waals surface area contributed by atoms with Crippen LogP contribution in [0.1, 0.15) is 54.6 Å². The fraction of sp³-hybridized carbons (Fsp3) is 0.364. The Labute approximate surface area is 365 Å². The van der Waals surface area contributed by atoms with Gasteiger partial charge in [0.1, 0.15) is 32.7 Å². The van der Waals surface area contributed by atoms with E-state index in [0.29, 0.717) is 29.5 Å². The van der Waals surface area contributed by atoms with E-state index in [4.69, 9.17) is 21.1 Å². The number of rotatable bonds is 12. The molecule has 1 saturated heterocycles. The molecule has 8 rings (SSSR count). The summed E-state index contributed by atoms with van der Waals surface area (Å²) in [5, 5.41) is 13.6. The molecule has 3 aromatic carbocycles. The Morgan fingerprint density at radius 3 is 2.53 bits per heavy atom. The maximum atomic E-state index is 14.0. The number of hydrogen-bond acceptors (Lipinski definition) is 12. The highest BCUT2D eigenvalue weighted by atomic mass is 35.5. The molecule has 62 heavy (non-hydrogen) atoms. The molecule has 0 radical (unpaired) electrons. The first-order valence-corrected chi connectivity index (χ1v) is 24.2. The lowest BCUT2D eigenvalue weighted by molar-refractivity contribution is -0.386. The summed E-state index contributed by atoms with van der Waals surface area (Å²) in [5.41, 5.74) is 5.09. The average molecular weight is 903 g/mol. The second-order valence-electron chi connectivity index (χ2n) is 17.1. The largest absolute Gasteiger partial charge is 0.493 e. The third kappa shape index (κ3) is 9.75. The van der Waals surface area contributed by atoms with Crippen LogP contribution in [0.2, 0.25) is 5.02 Å². The number of sulfone groups is 1. The maximum absolute atomic E-state index is 14.0. The van der Waals surface area contributed by atoms with Gasteiger partial charge in [-0.2, -0.15) is 0 Å². The first-order valence-electron chi connectivity index (χ1n) is 20.3. The van der Waals surface area contributed by atoms with Gasteiger partial charge in [0.25, 0.3) is 21.6 Å². The Balaban J connectivity index is 1.03. The summed E-state index contributed by atoms with van der Waals surface area (Å²) in [6, 6.07) is 18.6. The van der Waals surface area contributed by atoms with Gasteiger partial charge in [-0.15, -0.1) is 0 Å². The van der Waals surface area contributed by atoms with E-state index in [1.165, 1.54) is 29.0 Å². The number of carbonyl (C=O) groups excluding carboxylic acids is 1. The Morgan fingerprint density at radius 1 is 1.05 bits per heavy atom. The highest BCUT2D eigenvalue weighted by molar-refractivity contribution is 7.90. The minimum atomic E-state index is -4.71. The zero-order valence-corrected chi connectivity index (χ0v) is 36.9. The van der Waals surface area contributed by atoms with Crippen LogP contribution >= 0.6 is 11.6 Å². The number of carbonyl (C=O) groups is 1. The number of piperazine rings is 1. The number of fused-ring (bicyclic) bond motifs is 2. The fourth-order valence-electron chi connectivity index (χ4n) is 8.56. The molecule has 0 unspecified atom stereocenters. The number of anilines is 1. The molecule has 326 valence electrons. The number of aromatic amines is 1. The summed E-state index contributed by atoms with van der Waals surface area (Å²) in [6.07, 6.45) is 7.44. The van der Waals surface area contributed by atoms with Gasteiger partial charge < -0.3 is 19.4 Å². The Kier molecular flexibility index (Phi) is 11.8. The second-order valence-corrected chi connectivity index (χ2v) is 21.5. The van der Waals surface area contributed by atoms with Gasteiger partial charge in [-0.1, -0.05) is 43.2 Å². The van der Waals surface area contributed by atoms with E-state index in [1.807, 2.05) is 18.2 Å². The van der Waals surface area contributed by atoms with Crippen molar-refractivity contribution in [2.45, 2.75) is 44.4 Å². The summed E-state index contributed by atoms with van der Waals surface area (Å²) in [4.78, 5) is 36.9. The van der Waals surface area contributed by atoms with Crippen LogP contribution in [0.25, 0.3) is 16.6 Å². The lowest BCUT2D eigenvalue weighted by atomic mass is 9.72. The van der Waals surface area contributed by atoms with Crippen molar-refractivity contribution in [1.29, 1.82) is 0 Å². The number of nitrogens with one attached hydrogen (secondary N) is 2. The molecule has 15 nitrogen and oxygen atoms in total. The second kappa shape index (κ2) is 17.0. The predicted octanol–water partition coefficient (Wildman–Crippen LogP) is 7.42. The van der Waals surface area contributed by atoms with Crippen LogP contribution in [0, 0.1) is 21.4 Å². The van der Waals surface area contributed by atoms with E-state index >= 15 is 0 Å². The first-order chi connectivity index (χ1) is 29.4. The lowest BCUT2D eigenvalue weighted by Gasteiger charge is -2.39. The summed E-state index contributed by atoms with van der Waals surface area (Å²) in [7, 11) is -8.12. The van der Waals surface area contributed by atoms with Gasteiger partial charge in [0.2, 0.25) is 0 Å². The molecule has 4 heterocycles. The van der Waals surface area contributed by atoms with Gasteiger partial charge in [-0.25, -0.2) is 26.5 Å². The molecule has 0 spiro atoms. The molecule has 1 amide bonds. The number of aromatic nitrogens is 2. The van der Waals surface area contributed by atoms with Crippen LogP contribution in [0.3, 0.4) is 0 Å². The van der Waals surface area contributed by atoms with Crippen LogP contribution < -0.4 is 19.1 Å². The van der Waals surface area contributed by atoms with Crippen LogP contribution in [0.4, 0.5) is 11.4 Å². The lowest BCUT2D eigenvalue weighted by Crippen LogP contribution is -2.47. The molecular weight excluding hydrogens is 856 g/mol. The SMILES string of the molecule is CC1(C)CCC(CN2CCN(c3ccc(C(=O)NS(=O)(=O)c4cc5c(c([N+](=O)[O-])c4)C[C@H](CS(C)(=O)=O)CO5)c(Oc4cnc5[nH]ccc5c4)c3)CC2)=C(c2ccc(Cl)cc2)C1. The summed E-state index contributed by atoms with van der Waals surface area (Å²) >= 11 is 6.23. The van der Waals surface area contributed by atoms with E-state index in [-0.39, 0.29) is 46.8 Å².